The standard InChI is InChI=1S/C10H16N5O7P/c11-10-14-8-5(9(18)15-10)13-3(1-12-8)6(17)7-4(16)2-21-23(19,20)22-7/h1,4-8,12-13,16-17H,2H2,(H,19,20)(H3,11,14,15,18)/p-1. The van der Waals surface area contributed by atoms with Gasteiger partial charge in [-0.2, -0.15) is 0 Å². The van der Waals surface area contributed by atoms with E-state index in [0.717, 1.165) is 0 Å². The number of aliphatic hydroxyl groups excluding tert-OH is 2. The van der Waals surface area contributed by atoms with Gasteiger partial charge in [0.1, 0.15) is 24.4 Å². The Labute approximate surface area is 130 Å². The van der Waals surface area contributed by atoms with Gasteiger partial charge < -0.3 is 40.5 Å². The van der Waals surface area contributed by atoms with Crippen LogP contribution >= 0.6 is 7.82 Å². The number of guanidine groups is 1. The highest BCUT2D eigenvalue weighted by Gasteiger charge is 2.42. The van der Waals surface area contributed by atoms with Crippen LogP contribution in [0, 0.1) is 0 Å². The first-order chi connectivity index (χ1) is 10.8. The Bertz CT molecular complexity index is 625. The van der Waals surface area contributed by atoms with Gasteiger partial charge in [0.15, 0.2) is 12.1 Å². The van der Waals surface area contributed by atoms with Crippen LogP contribution in [0.4, 0.5) is 0 Å². The third kappa shape index (κ3) is 3.17. The lowest BCUT2D eigenvalue weighted by molar-refractivity contribution is -0.252. The molecule has 1 saturated heterocycles. The van der Waals surface area contributed by atoms with E-state index in [0.29, 0.717) is 0 Å². The van der Waals surface area contributed by atoms with E-state index in [1.165, 1.54) is 6.20 Å². The van der Waals surface area contributed by atoms with Crippen molar-refractivity contribution in [3.8, 4) is 0 Å². The molecule has 3 rings (SSSR count). The lowest BCUT2D eigenvalue weighted by atomic mass is 10.0. The van der Waals surface area contributed by atoms with Crippen molar-refractivity contribution >= 4 is 19.7 Å². The molecule has 1 amide bonds. The number of carbonyl (C=O) groups is 1. The largest absolute Gasteiger partial charge is 0.756 e. The summed E-state index contributed by atoms with van der Waals surface area (Å²) in [5.74, 6) is -0.519. The van der Waals surface area contributed by atoms with E-state index in [-0.39, 0.29) is 11.7 Å². The minimum Gasteiger partial charge on any atom is -0.756 e. The quantitative estimate of drug-likeness (QED) is 0.266. The Morgan fingerprint density at radius 1 is 1.57 bits per heavy atom. The van der Waals surface area contributed by atoms with Crippen LogP contribution in [0.3, 0.4) is 0 Å². The second-order valence-electron chi connectivity index (χ2n) is 5.16. The molecule has 3 aliphatic rings. The molecule has 3 aliphatic heterocycles. The maximum absolute atomic E-state index is 11.9. The van der Waals surface area contributed by atoms with Crippen molar-refractivity contribution in [3.05, 3.63) is 11.9 Å². The van der Waals surface area contributed by atoms with Crippen LogP contribution in [0.25, 0.3) is 0 Å². The summed E-state index contributed by atoms with van der Waals surface area (Å²) in [7, 11) is -4.60. The maximum atomic E-state index is 11.9. The summed E-state index contributed by atoms with van der Waals surface area (Å²) in [5, 5.41) is 27.8. The number of nitrogens with one attached hydrogen (secondary N) is 3. The van der Waals surface area contributed by atoms with Crippen molar-refractivity contribution in [3.63, 3.8) is 0 Å². The summed E-state index contributed by atoms with van der Waals surface area (Å²) in [6, 6.07) is -0.868. The summed E-state index contributed by atoms with van der Waals surface area (Å²) in [5.41, 5.74) is 5.50. The first-order valence-corrected chi connectivity index (χ1v) is 8.10. The van der Waals surface area contributed by atoms with Crippen LogP contribution in [-0.2, 0) is 18.4 Å². The zero-order valence-electron chi connectivity index (χ0n) is 11.6. The summed E-state index contributed by atoms with van der Waals surface area (Å²) in [6.45, 7) is -0.531. The molecule has 0 radical (unpaired) electrons. The summed E-state index contributed by atoms with van der Waals surface area (Å²) in [6.07, 6.45) is -3.74. The number of nitrogens with two attached hydrogens (primary N) is 1. The Morgan fingerprint density at radius 3 is 3.04 bits per heavy atom. The third-order valence-corrected chi connectivity index (χ3v) is 4.49. The number of aliphatic hydroxyl groups is 2. The van der Waals surface area contributed by atoms with Gasteiger partial charge in [0.25, 0.3) is 13.7 Å². The number of hydrogen-bond donors (Lipinski definition) is 6. The van der Waals surface area contributed by atoms with E-state index < -0.39 is 50.9 Å². The number of aliphatic imine (C=N–C) groups is 1. The molecule has 23 heavy (non-hydrogen) atoms. The molecule has 0 aromatic rings. The van der Waals surface area contributed by atoms with Crippen LogP contribution in [0.2, 0.25) is 0 Å². The fourth-order valence-corrected chi connectivity index (χ4v) is 3.36. The van der Waals surface area contributed by atoms with Gasteiger partial charge in [0.05, 0.1) is 12.3 Å². The number of nitrogens with zero attached hydrogens (tertiary/aromatic N) is 1. The summed E-state index contributed by atoms with van der Waals surface area (Å²) < 4.78 is 20.2. The van der Waals surface area contributed by atoms with Crippen LogP contribution in [0.15, 0.2) is 16.9 Å². The van der Waals surface area contributed by atoms with E-state index >= 15 is 0 Å². The van der Waals surface area contributed by atoms with Crippen molar-refractivity contribution in [2.24, 2.45) is 10.7 Å². The minimum absolute atomic E-state index is 0.0431. The first-order valence-electron chi connectivity index (χ1n) is 6.64. The van der Waals surface area contributed by atoms with Crippen LogP contribution in [0.5, 0.6) is 0 Å². The highest BCUT2D eigenvalue weighted by molar-refractivity contribution is 7.45. The average Bonchev–Trinajstić information content (AvgIpc) is 2.48. The zero-order valence-corrected chi connectivity index (χ0v) is 12.5. The van der Waals surface area contributed by atoms with Gasteiger partial charge in [-0.1, -0.05) is 0 Å². The van der Waals surface area contributed by atoms with Gasteiger partial charge in [-0.15, -0.1) is 0 Å². The highest BCUT2D eigenvalue weighted by Crippen LogP contribution is 2.45. The van der Waals surface area contributed by atoms with Crippen LogP contribution in [0.1, 0.15) is 0 Å². The van der Waals surface area contributed by atoms with Gasteiger partial charge in [-0.3, -0.25) is 14.7 Å². The van der Waals surface area contributed by atoms with Crippen LogP contribution in [-0.4, -0.2) is 59.2 Å². The van der Waals surface area contributed by atoms with Gasteiger partial charge in [0, 0.05) is 6.20 Å². The van der Waals surface area contributed by atoms with Gasteiger partial charge in [0.2, 0.25) is 0 Å². The molecular formula is C10H15N5O7P-. The third-order valence-electron chi connectivity index (χ3n) is 3.52. The Balaban J connectivity index is 1.77. The van der Waals surface area contributed by atoms with Crippen molar-refractivity contribution in [2.45, 2.75) is 30.5 Å². The molecule has 6 unspecified atom stereocenters. The van der Waals surface area contributed by atoms with Gasteiger partial charge in [-0.05, 0) is 0 Å². The second kappa shape index (κ2) is 5.74. The normalized spacial score (nSPS) is 41.4. The van der Waals surface area contributed by atoms with Crippen LogP contribution < -0.4 is 26.6 Å². The molecular weight excluding hydrogens is 333 g/mol. The van der Waals surface area contributed by atoms with Crippen molar-refractivity contribution in [2.75, 3.05) is 6.61 Å². The molecule has 0 aliphatic carbocycles. The smallest absolute Gasteiger partial charge is 0.268 e. The van der Waals surface area contributed by atoms with E-state index in [2.05, 4.69) is 30.0 Å². The number of rotatable bonds is 2. The average molecular weight is 348 g/mol. The minimum atomic E-state index is -4.60. The lowest BCUT2D eigenvalue weighted by Gasteiger charge is -2.41. The monoisotopic (exact) mass is 348 g/mol. The molecule has 12 nitrogen and oxygen atoms in total. The highest BCUT2D eigenvalue weighted by atomic mass is 31.2. The van der Waals surface area contributed by atoms with E-state index in [1.54, 1.807) is 0 Å². The fourth-order valence-electron chi connectivity index (χ4n) is 2.41. The molecule has 0 bridgehead atoms. The molecule has 0 saturated carbocycles. The fraction of sp³-hybridized carbons (Fsp3) is 0.600. The molecule has 128 valence electrons. The molecule has 0 aromatic carbocycles. The number of amides is 1. The molecule has 3 heterocycles. The molecule has 13 heteroatoms. The Kier molecular flexibility index (Phi) is 4.04. The predicted molar refractivity (Wildman–Crippen MR) is 72.1 cm³/mol. The molecule has 0 aromatic heterocycles. The maximum Gasteiger partial charge on any atom is 0.268 e. The number of fused-ring (bicyclic) bond motifs is 1. The number of phosphoric acid groups is 1. The first kappa shape index (κ1) is 16.2. The molecule has 0 spiro atoms. The van der Waals surface area contributed by atoms with Crippen molar-refractivity contribution in [1.29, 1.82) is 0 Å². The Hall–Kier alpha value is -1.69. The van der Waals surface area contributed by atoms with Crippen molar-refractivity contribution < 1.29 is 33.5 Å². The van der Waals surface area contributed by atoms with E-state index in [4.69, 9.17) is 5.73 Å². The molecule has 1 fully saturated rings. The number of phosphoric ester groups is 1. The molecule has 6 atom stereocenters. The SMILES string of the molecule is NC1=NC2NC=C(C(O)C3OP(=O)([O-])OCC3O)NC2C(=O)N1. The zero-order chi connectivity index (χ0) is 16.8. The number of carbonyl (C=O) groups excluding carboxylic acids is 1. The van der Waals surface area contributed by atoms with E-state index in [9.17, 15) is 24.5 Å². The predicted octanol–water partition coefficient (Wildman–Crippen LogP) is -4.23. The summed E-state index contributed by atoms with van der Waals surface area (Å²) >= 11 is 0. The Morgan fingerprint density at radius 2 is 2.30 bits per heavy atom. The van der Waals surface area contributed by atoms with Gasteiger partial charge >= 0.3 is 0 Å². The van der Waals surface area contributed by atoms with Crippen molar-refractivity contribution in [1.82, 2.24) is 16.0 Å². The number of hydrogen-bond acceptors (Lipinski definition) is 11. The summed E-state index contributed by atoms with van der Waals surface area (Å²) in [4.78, 5) is 27.2. The topological polar surface area (TPSA) is 191 Å². The molecule has 7 N–H and O–H groups in total. The van der Waals surface area contributed by atoms with Gasteiger partial charge in [-0.25, -0.2) is 4.99 Å². The lowest BCUT2D eigenvalue weighted by Crippen LogP contribution is -2.64. The second-order valence-corrected chi connectivity index (χ2v) is 6.53. The van der Waals surface area contributed by atoms with E-state index in [1.807, 2.05) is 0 Å².